The molecule has 3 N–H and O–H groups in total. The third-order valence-electron chi connectivity index (χ3n) is 2.55. The fraction of sp³-hybridized carbons (Fsp3) is 0.500. The lowest BCUT2D eigenvalue weighted by molar-refractivity contribution is 0.264. The van der Waals surface area contributed by atoms with Crippen LogP contribution in [0.25, 0.3) is 0 Å². The lowest BCUT2D eigenvalue weighted by Gasteiger charge is -2.20. The summed E-state index contributed by atoms with van der Waals surface area (Å²) in [6.07, 6.45) is 0.625. The van der Waals surface area contributed by atoms with Crippen molar-refractivity contribution >= 4 is 0 Å². The van der Waals surface area contributed by atoms with Gasteiger partial charge < -0.3 is 15.5 Å². The van der Waals surface area contributed by atoms with Crippen molar-refractivity contribution in [2.24, 2.45) is 0 Å². The summed E-state index contributed by atoms with van der Waals surface area (Å²) < 4.78 is 13.0. The van der Waals surface area contributed by atoms with Gasteiger partial charge in [0.1, 0.15) is 11.6 Å². The highest BCUT2D eigenvalue weighted by Gasteiger charge is 2.13. The summed E-state index contributed by atoms with van der Waals surface area (Å²) in [6, 6.07) is 3.85. The Balaban J connectivity index is 2.72. The second kappa shape index (κ2) is 5.82. The zero-order chi connectivity index (χ0) is 12.1. The summed E-state index contributed by atoms with van der Waals surface area (Å²) in [5, 5.41) is 21.5. The van der Waals surface area contributed by atoms with Crippen LogP contribution >= 0.6 is 0 Å². The Morgan fingerprint density at radius 2 is 2.06 bits per heavy atom. The van der Waals surface area contributed by atoms with Crippen molar-refractivity contribution in [3.63, 3.8) is 0 Å². The first kappa shape index (κ1) is 12.9. The Morgan fingerprint density at radius 1 is 1.38 bits per heavy atom. The number of aliphatic hydroxyl groups excluding tert-OH is 1. The normalized spacial score (nSPS) is 14.8. The first-order valence-electron chi connectivity index (χ1n) is 5.40. The van der Waals surface area contributed by atoms with Crippen molar-refractivity contribution < 1.29 is 14.6 Å². The van der Waals surface area contributed by atoms with Crippen LogP contribution < -0.4 is 5.32 Å². The smallest absolute Gasteiger partial charge is 0.123 e. The molecule has 1 aromatic rings. The number of aliphatic hydroxyl groups is 1. The summed E-state index contributed by atoms with van der Waals surface area (Å²) in [6.45, 7) is 3.89. The van der Waals surface area contributed by atoms with E-state index in [0.717, 1.165) is 0 Å². The highest BCUT2D eigenvalue weighted by atomic mass is 19.1. The largest absolute Gasteiger partial charge is 0.508 e. The van der Waals surface area contributed by atoms with Gasteiger partial charge in [0.25, 0.3) is 0 Å². The van der Waals surface area contributed by atoms with Gasteiger partial charge in [0.05, 0.1) is 0 Å². The van der Waals surface area contributed by atoms with Gasteiger partial charge in [0.2, 0.25) is 0 Å². The van der Waals surface area contributed by atoms with Crippen LogP contribution in [0.3, 0.4) is 0 Å². The van der Waals surface area contributed by atoms with Crippen LogP contribution in [0.15, 0.2) is 18.2 Å². The van der Waals surface area contributed by atoms with E-state index >= 15 is 0 Å². The monoisotopic (exact) mass is 227 g/mol. The second-order valence-corrected chi connectivity index (χ2v) is 4.00. The third-order valence-corrected chi connectivity index (χ3v) is 2.55. The molecule has 0 aliphatic carbocycles. The van der Waals surface area contributed by atoms with Crippen molar-refractivity contribution in [1.29, 1.82) is 0 Å². The average molecular weight is 227 g/mol. The molecule has 4 heteroatoms. The van der Waals surface area contributed by atoms with E-state index in [1.54, 1.807) is 0 Å². The SMILES string of the molecule is CC(CCO)NC(C)c1cc(F)ccc1O. The first-order chi connectivity index (χ1) is 7.54. The summed E-state index contributed by atoms with van der Waals surface area (Å²) in [7, 11) is 0. The quantitative estimate of drug-likeness (QED) is 0.720. The molecule has 0 radical (unpaired) electrons. The Bertz CT molecular complexity index is 344. The molecule has 0 aromatic heterocycles. The maximum Gasteiger partial charge on any atom is 0.123 e. The number of hydrogen-bond acceptors (Lipinski definition) is 3. The number of hydrogen-bond donors (Lipinski definition) is 3. The summed E-state index contributed by atoms with van der Waals surface area (Å²) >= 11 is 0. The van der Waals surface area contributed by atoms with Crippen molar-refractivity contribution in [3.05, 3.63) is 29.6 Å². The highest BCUT2D eigenvalue weighted by Crippen LogP contribution is 2.25. The van der Waals surface area contributed by atoms with Gasteiger partial charge in [-0.05, 0) is 38.5 Å². The van der Waals surface area contributed by atoms with Crippen LogP contribution in [0.2, 0.25) is 0 Å². The molecular weight excluding hydrogens is 209 g/mol. The van der Waals surface area contributed by atoms with Crippen LogP contribution in [0.5, 0.6) is 5.75 Å². The van der Waals surface area contributed by atoms with Gasteiger partial charge in [-0.1, -0.05) is 0 Å². The minimum absolute atomic E-state index is 0.0811. The molecule has 90 valence electrons. The molecule has 1 rings (SSSR count). The van der Waals surface area contributed by atoms with Gasteiger partial charge in [-0.15, -0.1) is 0 Å². The van der Waals surface area contributed by atoms with Gasteiger partial charge >= 0.3 is 0 Å². The van der Waals surface area contributed by atoms with E-state index in [2.05, 4.69) is 5.32 Å². The Morgan fingerprint density at radius 3 is 2.69 bits per heavy atom. The van der Waals surface area contributed by atoms with E-state index in [-0.39, 0.29) is 30.3 Å². The molecule has 1 aromatic carbocycles. The maximum atomic E-state index is 13.0. The number of phenols is 1. The molecule has 0 spiro atoms. The van der Waals surface area contributed by atoms with Crippen LogP contribution in [-0.2, 0) is 0 Å². The number of benzene rings is 1. The average Bonchev–Trinajstić information content (AvgIpc) is 2.21. The Labute approximate surface area is 94.9 Å². The van der Waals surface area contributed by atoms with Gasteiger partial charge in [0.15, 0.2) is 0 Å². The fourth-order valence-corrected chi connectivity index (χ4v) is 1.67. The Kier molecular flexibility index (Phi) is 4.71. The van der Waals surface area contributed by atoms with Crippen molar-refractivity contribution in [1.82, 2.24) is 5.32 Å². The van der Waals surface area contributed by atoms with E-state index in [4.69, 9.17) is 5.11 Å². The molecule has 0 bridgehead atoms. The molecule has 3 nitrogen and oxygen atoms in total. The van der Waals surface area contributed by atoms with Crippen molar-refractivity contribution in [2.75, 3.05) is 6.61 Å². The summed E-state index contributed by atoms with van der Waals surface area (Å²) in [5.74, 6) is -0.283. The molecule has 0 aliphatic rings. The van der Waals surface area contributed by atoms with E-state index in [1.807, 2.05) is 13.8 Å². The first-order valence-corrected chi connectivity index (χ1v) is 5.40. The van der Waals surface area contributed by atoms with Crippen LogP contribution in [-0.4, -0.2) is 22.9 Å². The van der Waals surface area contributed by atoms with Gasteiger partial charge in [-0.3, -0.25) is 0 Å². The zero-order valence-electron chi connectivity index (χ0n) is 9.57. The Hall–Kier alpha value is -1.13. The van der Waals surface area contributed by atoms with Crippen LogP contribution in [0.1, 0.15) is 31.9 Å². The number of nitrogens with one attached hydrogen (secondary N) is 1. The van der Waals surface area contributed by atoms with E-state index < -0.39 is 0 Å². The van der Waals surface area contributed by atoms with Gasteiger partial charge in [-0.25, -0.2) is 4.39 Å². The maximum absolute atomic E-state index is 13.0. The standard InChI is InChI=1S/C12H18FNO2/c1-8(5-6-15)14-9(2)11-7-10(13)3-4-12(11)16/h3-4,7-9,14-16H,5-6H2,1-2H3. The number of halogens is 1. The van der Waals surface area contributed by atoms with Crippen molar-refractivity contribution in [2.45, 2.75) is 32.4 Å². The van der Waals surface area contributed by atoms with Crippen LogP contribution in [0.4, 0.5) is 4.39 Å². The van der Waals surface area contributed by atoms with Gasteiger partial charge in [-0.2, -0.15) is 0 Å². The predicted molar refractivity (Wildman–Crippen MR) is 60.8 cm³/mol. The molecule has 0 aliphatic heterocycles. The van der Waals surface area contributed by atoms with Crippen LogP contribution in [0, 0.1) is 5.82 Å². The molecule has 2 atom stereocenters. The molecule has 0 saturated heterocycles. The topological polar surface area (TPSA) is 52.5 Å². The molecule has 0 amide bonds. The highest BCUT2D eigenvalue weighted by molar-refractivity contribution is 5.34. The second-order valence-electron chi connectivity index (χ2n) is 4.00. The van der Waals surface area contributed by atoms with Gasteiger partial charge in [0, 0.05) is 24.3 Å². The molecule has 0 heterocycles. The number of aromatic hydroxyl groups is 1. The molecule has 16 heavy (non-hydrogen) atoms. The molecule has 0 fully saturated rings. The lowest BCUT2D eigenvalue weighted by atomic mass is 10.1. The predicted octanol–water partition coefficient (Wildman–Crippen LogP) is 1.95. The fourth-order valence-electron chi connectivity index (χ4n) is 1.67. The molecule has 2 unspecified atom stereocenters. The number of phenolic OH excluding ortho intramolecular Hbond substituents is 1. The molecular formula is C12H18FNO2. The van der Waals surface area contributed by atoms with Crippen molar-refractivity contribution in [3.8, 4) is 5.75 Å². The number of rotatable bonds is 5. The van der Waals surface area contributed by atoms with E-state index in [9.17, 15) is 9.50 Å². The minimum Gasteiger partial charge on any atom is -0.508 e. The molecule has 0 saturated carbocycles. The van der Waals surface area contributed by atoms with E-state index in [1.165, 1.54) is 18.2 Å². The summed E-state index contributed by atoms with van der Waals surface area (Å²) in [4.78, 5) is 0. The van der Waals surface area contributed by atoms with E-state index in [0.29, 0.717) is 12.0 Å². The minimum atomic E-state index is -0.365. The third kappa shape index (κ3) is 3.47. The lowest BCUT2D eigenvalue weighted by Crippen LogP contribution is -2.29. The summed E-state index contributed by atoms with van der Waals surface area (Å²) in [5.41, 5.74) is 0.532. The zero-order valence-corrected chi connectivity index (χ0v) is 9.57.